The maximum atomic E-state index is 13.5. The Morgan fingerprint density at radius 2 is 1.77 bits per heavy atom. The number of carbonyl (C=O) groups excluding carboxylic acids is 2. The van der Waals surface area contributed by atoms with Crippen molar-refractivity contribution in [3.8, 4) is 5.75 Å². The molecule has 0 unspecified atom stereocenters. The third-order valence-corrected chi connectivity index (χ3v) is 4.89. The minimum Gasteiger partial charge on any atom is -0.495 e. The number of ether oxygens (including phenoxy) is 2. The van der Waals surface area contributed by atoms with Crippen molar-refractivity contribution < 1.29 is 23.5 Å². The molecule has 2 aromatic carbocycles. The van der Waals surface area contributed by atoms with Crippen LogP contribution in [0.25, 0.3) is 5.57 Å². The predicted octanol–water partition coefficient (Wildman–Crippen LogP) is 4.15. The Morgan fingerprint density at radius 1 is 1.06 bits per heavy atom. The van der Waals surface area contributed by atoms with Crippen LogP contribution in [-0.2, 0) is 14.3 Å². The second-order valence-electron chi connectivity index (χ2n) is 7.62. The highest BCUT2D eigenvalue weighted by atomic mass is 19.1. The molecule has 7 heteroatoms. The van der Waals surface area contributed by atoms with Crippen molar-refractivity contribution >= 4 is 23.1 Å². The van der Waals surface area contributed by atoms with Gasteiger partial charge in [0.1, 0.15) is 17.3 Å². The molecule has 1 aliphatic heterocycles. The highest BCUT2D eigenvalue weighted by Gasteiger charge is 2.39. The second kappa shape index (κ2) is 9.75. The number of aryl methyl sites for hydroxylation is 1. The Hall–Kier alpha value is -3.19. The largest absolute Gasteiger partial charge is 0.495 e. The molecule has 1 N–H and O–H groups in total. The fourth-order valence-electron chi connectivity index (χ4n) is 3.38. The molecule has 0 aliphatic carbocycles. The average Bonchev–Trinajstić information content (AvgIpc) is 2.96. The van der Waals surface area contributed by atoms with Crippen LogP contribution in [0, 0.1) is 12.7 Å². The van der Waals surface area contributed by atoms with Crippen LogP contribution in [-0.4, -0.2) is 43.1 Å². The van der Waals surface area contributed by atoms with Crippen LogP contribution in [0.1, 0.15) is 31.4 Å². The summed E-state index contributed by atoms with van der Waals surface area (Å²) in [6.07, 6.45) is 0.594. The summed E-state index contributed by atoms with van der Waals surface area (Å²) >= 11 is 0. The van der Waals surface area contributed by atoms with E-state index in [1.54, 1.807) is 6.07 Å². The summed E-state index contributed by atoms with van der Waals surface area (Å²) in [4.78, 5) is 27.6. The number of amides is 2. The van der Waals surface area contributed by atoms with E-state index < -0.39 is 17.6 Å². The molecule has 0 saturated carbocycles. The number of halogens is 1. The quantitative estimate of drug-likeness (QED) is 0.482. The molecule has 0 aromatic heterocycles. The third kappa shape index (κ3) is 5.11. The standard InChI is InChI=1S/C24H27FN2O4/c1-15(2)31-13-5-12-27-23(28)21(17-7-9-18(25)10-8-17)22(24(27)29)26-19-14-16(3)6-11-20(19)30-4/h6-11,14-15,26H,5,12-13H2,1-4H3. The van der Waals surface area contributed by atoms with E-state index in [1.807, 2.05) is 32.9 Å². The number of rotatable bonds is 9. The number of anilines is 1. The minimum absolute atomic E-state index is 0.0731. The van der Waals surface area contributed by atoms with E-state index in [1.165, 1.54) is 36.3 Å². The lowest BCUT2D eigenvalue weighted by Gasteiger charge is -2.16. The van der Waals surface area contributed by atoms with Gasteiger partial charge >= 0.3 is 0 Å². The van der Waals surface area contributed by atoms with Gasteiger partial charge in [-0.2, -0.15) is 0 Å². The monoisotopic (exact) mass is 426 g/mol. The molecular weight excluding hydrogens is 399 g/mol. The van der Waals surface area contributed by atoms with Gasteiger partial charge in [0.2, 0.25) is 0 Å². The molecule has 0 saturated heterocycles. The Morgan fingerprint density at radius 3 is 2.42 bits per heavy atom. The van der Waals surface area contributed by atoms with Crippen LogP contribution >= 0.6 is 0 Å². The number of nitrogens with zero attached hydrogens (tertiary/aromatic N) is 1. The van der Waals surface area contributed by atoms with Crippen molar-refractivity contribution in [2.75, 3.05) is 25.6 Å². The smallest absolute Gasteiger partial charge is 0.278 e. The van der Waals surface area contributed by atoms with Gasteiger partial charge in [0.25, 0.3) is 11.8 Å². The molecule has 164 valence electrons. The van der Waals surface area contributed by atoms with Crippen molar-refractivity contribution in [2.45, 2.75) is 33.3 Å². The summed E-state index contributed by atoms with van der Waals surface area (Å²) in [5, 5.41) is 3.10. The summed E-state index contributed by atoms with van der Waals surface area (Å²) in [5.74, 6) is -0.730. The maximum absolute atomic E-state index is 13.5. The molecule has 2 amide bonds. The Labute approximate surface area is 181 Å². The topological polar surface area (TPSA) is 67.9 Å². The Kier molecular flexibility index (Phi) is 7.07. The number of hydrogen-bond donors (Lipinski definition) is 1. The SMILES string of the molecule is COc1ccc(C)cc1NC1=C(c2ccc(F)cc2)C(=O)N(CCCOC(C)C)C1=O. The van der Waals surface area contributed by atoms with Crippen LogP contribution in [0.15, 0.2) is 48.2 Å². The molecule has 0 atom stereocenters. The molecular formula is C24H27FN2O4. The van der Waals surface area contributed by atoms with E-state index in [9.17, 15) is 14.0 Å². The van der Waals surface area contributed by atoms with E-state index in [0.29, 0.717) is 30.0 Å². The zero-order valence-electron chi connectivity index (χ0n) is 18.2. The third-order valence-electron chi connectivity index (χ3n) is 4.89. The van der Waals surface area contributed by atoms with Gasteiger partial charge in [-0.25, -0.2) is 4.39 Å². The number of imide groups is 1. The van der Waals surface area contributed by atoms with Gasteiger partial charge < -0.3 is 14.8 Å². The fraction of sp³-hybridized carbons (Fsp3) is 0.333. The molecule has 0 bridgehead atoms. The zero-order chi connectivity index (χ0) is 22.5. The van der Waals surface area contributed by atoms with Gasteiger partial charge in [-0.3, -0.25) is 14.5 Å². The number of nitrogens with one attached hydrogen (secondary N) is 1. The molecule has 0 spiro atoms. The maximum Gasteiger partial charge on any atom is 0.278 e. The molecule has 0 fully saturated rings. The lowest BCUT2D eigenvalue weighted by atomic mass is 10.0. The number of benzene rings is 2. The van der Waals surface area contributed by atoms with Crippen molar-refractivity contribution in [1.82, 2.24) is 4.90 Å². The van der Waals surface area contributed by atoms with Gasteiger partial charge in [-0.15, -0.1) is 0 Å². The first-order chi connectivity index (χ1) is 14.8. The van der Waals surface area contributed by atoms with E-state index in [4.69, 9.17) is 9.47 Å². The number of hydrogen-bond acceptors (Lipinski definition) is 5. The minimum atomic E-state index is -0.433. The van der Waals surface area contributed by atoms with E-state index in [0.717, 1.165) is 5.56 Å². The van der Waals surface area contributed by atoms with Crippen molar-refractivity contribution in [2.24, 2.45) is 0 Å². The molecule has 3 rings (SSSR count). The second-order valence-corrected chi connectivity index (χ2v) is 7.62. The molecule has 2 aromatic rings. The molecule has 1 heterocycles. The Bertz CT molecular complexity index is 999. The van der Waals surface area contributed by atoms with Crippen molar-refractivity contribution in [1.29, 1.82) is 0 Å². The molecule has 1 aliphatic rings. The van der Waals surface area contributed by atoms with Gasteiger partial charge in [-0.05, 0) is 62.6 Å². The lowest BCUT2D eigenvalue weighted by Crippen LogP contribution is -2.34. The first-order valence-electron chi connectivity index (χ1n) is 10.2. The first kappa shape index (κ1) is 22.5. The molecule has 6 nitrogen and oxygen atoms in total. The van der Waals surface area contributed by atoms with Gasteiger partial charge in [0.05, 0.1) is 24.5 Å². The van der Waals surface area contributed by atoms with E-state index in [2.05, 4.69) is 5.32 Å². The Balaban J connectivity index is 1.96. The summed E-state index contributed by atoms with van der Waals surface area (Å²) in [5.41, 5.74) is 2.35. The summed E-state index contributed by atoms with van der Waals surface area (Å²) in [6, 6.07) is 11.0. The first-order valence-corrected chi connectivity index (χ1v) is 10.2. The van der Waals surface area contributed by atoms with Gasteiger partial charge in [0.15, 0.2) is 0 Å². The fourth-order valence-corrected chi connectivity index (χ4v) is 3.38. The number of methoxy groups -OCH3 is 1. The van der Waals surface area contributed by atoms with Crippen LogP contribution in [0.2, 0.25) is 0 Å². The van der Waals surface area contributed by atoms with E-state index in [-0.39, 0.29) is 23.9 Å². The number of carbonyl (C=O) groups is 2. The van der Waals surface area contributed by atoms with Crippen LogP contribution in [0.4, 0.5) is 10.1 Å². The summed E-state index contributed by atoms with van der Waals surface area (Å²) in [7, 11) is 1.54. The van der Waals surface area contributed by atoms with Gasteiger partial charge in [-0.1, -0.05) is 18.2 Å². The van der Waals surface area contributed by atoms with Crippen molar-refractivity contribution in [3.05, 3.63) is 65.1 Å². The average molecular weight is 426 g/mol. The zero-order valence-corrected chi connectivity index (χ0v) is 18.2. The normalized spacial score (nSPS) is 14.1. The van der Waals surface area contributed by atoms with Crippen LogP contribution in [0.3, 0.4) is 0 Å². The highest BCUT2D eigenvalue weighted by Crippen LogP contribution is 2.34. The van der Waals surface area contributed by atoms with Gasteiger partial charge in [0, 0.05) is 13.2 Å². The molecule has 0 radical (unpaired) electrons. The lowest BCUT2D eigenvalue weighted by molar-refractivity contribution is -0.137. The van der Waals surface area contributed by atoms with Crippen LogP contribution < -0.4 is 10.1 Å². The predicted molar refractivity (Wildman–Crippen MR) is 117 cm³/mol. The summed E-state index contributed by atoms with van der Waals surface area (Å²) < 4.78 is 24.4. The van der Waals surface area contributed by atoms with Crippen molar-refractivity contribution in [3.63, 3.8) is 0 Å². The van der Waals surface area contributed by atoms with Crippen LogP contribution in [0.5, 0.6) is 5.75 Å². The summed E-state index contributed by atoms with van der Waals surface area (Å²) in [6.45, 7) is 6.44. The highest BCUT2D eigenvalue weighted by molar-refractivity contribution is 6.36. The van der Waals surface area contributed by atoms with E-state index >= 15 is 0 Å². The molecule has 31 heavy (non-hydrogen) atoms.